The molecule has 0 saturated heterocycles. The standard InChI is InChI=1S/C11H8N4O3/c12-5-9-11(15(17)18)10(14-13-9)8-3-1-7(6-16)2-4-8/h1-4,16H,6H2,(H,13,14). The van der Waals surface area contributed by atoms with Crippen LogP contribution in [0, 0.1) is 21.4 Å². The van der Waals surface area contributed by atoms with Gasteiger partial charge in [0.25, 0.3) is 0 Å². The van der Waals surface area contributed by atoms with Crippen molar-refractivity contribution >= 4 is 5.69 Å². The first kappa shape index (κ1) is 11.8. The summed E-state index contributed by atoms with van der Waals surface area (Å²) in [5.41, 5.74) is 0.825. The molecule has 0 spiro atoms. The summed E-state index contributed by atoms with van der Waals surface area (Å²) in [5.74, 6) is 0. The second-order valence-corrected chi connectivity index (χ2v) is 3.52. The van der Waals surface area contributed by atoms with Gasteiger partial charge in [-0.05, 0) is 5.56 Å². The molecule has 0 unspecified atom stereocenters. The predicted octanol–water partition coefficient (Wildman–Crippen LogP) is 1.35. The van der Waals surface area contributed by atoms with Gasteiger partial charge < -0.3 is 5.11 Å². The number of benzene rings is 1. The molecular formula is C11H8N4O3. The number of nitrogens with zero attached hydrogens (tertiary/aromatic N) is 3. The average Bonchev–Trinajstić information content (AvgIpc) is 2.82. The normalized spacial score (nSPS) is 10.0. The van der Waals surface area contributed by atoms with Crippen molar-refractivity contribution in [2.75, 3.05) is 0 Å². The number of hydrogen-bond donors (Lipinski definition) is 2. The van der Waals surface area contributed by atoms with Gasteiger partial charge in [-0.1, -0.05) is 24.3 Å². The van der Waals surface area contributed by atoms with Crippen molar-refractivity contribution in [2.45, 2.75) is 6.61 Å². The van der Waals surface area contributed by atoms with Gasteiger partial charge in [-0.3, -0.25) is 15.2 Å². The second-order valence-electron chi connectivity index (χ2n) is 3.52. The van der Waals surface area contributed by atoms with E-state index in [1.165, 1.54) is 0 Å². The number of H-pyrrole nitrogens is 1. The minimum atomic E-state index is -0.642. The Balaban J connectivity index is 2.53. The highest BCUT2D eigenvalue weighted by Gasteiger charge is 2.25. The van der Waals surface area contributed by atoms with Gasteiger partial charge in [-0.25, -0.2) is 0 Å². The number of hydrogen-bond acceptors (Lipinski definition) is 5. The molecule has 2 N–H and O–H groups in total. The Morgan fingerprint density at radius 2 is 2.11 bits per heavy atom. The van der Waals surface area contributed by atoms with E-state index in [0.717, 1.165) is 0 Å². The minimum Gasteiger partial charge on any atom is -0.392 e. The third-order valence-electron chi connectivity index (χ3n) is 2.45. The van der Waals surface area contributed by atoms with Crippen molar-refractivity contribution in [3.8, 4) is 17.3 Å². The van der Waals surface area contributed by atoms with Crippen LogP contribution in [0.2, 0.25) is 0 Å². The Morgan fingerprint density at radius 1 is 1.44 bits per heavy atom. The highest BCUT2D eigenvalue weighted by molar-refractivity contribution is 5.72. The Kier molecular flexibility index (Phi) is 3.03. The first-order valence-corrected chi connectivity index (χ1v) is 5.00. The fourth-order valence-electron chi connectivity index (χ4n) is 1.57. The molecule has 90 valence electrons. The van der Waals surface area contributed by atoms with Crippen LogP contribution in [-0.2, 0) is 6.61 Å². The van der Waals surface area contributed by atoms with Crippen molar-refractivity contribution < 1.29 is 10.0 Å². The molecule has 7 nitrogen and oxygen atoms in total. The van der Waals surface area contributed by atoms with Crippen molar-refractivity contribution in [2.24, 2.45) is 0 Å². The molecule has 0 radical (unpaired) electrons. The van der Waals surface area contributed by atoms with Gasteiger partial charge in [-0.2, -0.15) is 10.4 Å². The summed E-state index contributed by atoms with van der Waals surface area (Å²) in [7, 11) is 0. The second kappa shape index (κ2) is 4.65. The number of aliphatic hydroxyl groups is 1. The van der Waals surface area contributed by atoms with Gasteiger partial charge in [0, 0.05) is 5.56 Å². The zero-order chi connectivity index (χ0) is 13.1. The molecule has 1 heterocycles. The zero-order valence-electron chi connectivity index (χ0n) is 9.12. The molecule has 0 atom stereocenters. The monoisotopic (exact) mass is 244 g/mol. The Labute approximate surface area is 101 Å². The lowest BCUT2D eigenvalue weighted by atomic mass is 10.1. The maximum atomic E-state index is 10.9. The molecule has 7 heteroatoms. The molecule has 0 aliphatic heterocycles. The summed E-state index contributed by atoms with van der Waals surface area (Å²) < 4.78 is 0. The third-order valence-corrected chi connectivity index (χ3v) is 2.45. The van der Waals surface area contributed by atoms with Crippen molar-refractivity contribution in [3.63, 3.8) is 0 Å². The van der Waals surface area contributed by atoms with E-state index < -0.39 is 4.92 Å². The molecule has 0 aliphatic carbocycles. The van der Waals surface area contributed by atoms with E-state index in [-0.39, 0.29) is 23.7 Å². The molecular weight excluding hydrogens is 236 g/mol. The van der Waals surface area contributed by atoms with E-state index in [9.17, 15) is 10.1 Å². The number of nitro groups is 1. The quantitative estimate of drug-likeness (QED) is 0.624. The van der Waals surface area contributed by atoms with Crippen molar-refractivity contribution in [1.82, 2.24) is 10.2 Å². The highest BCUT2D eigenvalue weighted by atomic mass is 16.6. The van der Waals surface area contributed by atoms with Crippen LogP contribution in [0.5, 0.6) is 0 Å². The Bertz CT molecular complexity index is 625. The average molecular weight is 244 g/mol. The van der Waals surface area contributed by atoms with E-state index >= 15 is 0 Å². The van der Waals surface area contributed by atoms with Crippen LogP contribution in [0.3, 0.4) is 0 Å². The van der Waals surface area contributed by atoms with Gasteiger partial charge in [0.15, 0.2) is 0 Å². The van der Waals surface area contributed by atoms with Crippen LogP contribution in [-0.4, -0.2) is 20.2 Å². The summed E-state index contributed by atoms with van der Waals surface area (Å²) in [6.07, 6.45) is 0. The first-order valence-electron chi connectivity index (χ1n) is 5.00. The van der Waals surface area contributed by atoms with Gasteiger partial charge in [0.05, 0.1) is 11.5 Å². The molecule has 18 heavy (non-hydrogen) atoms. The Hall–Kier alpha value is -2.72. The molecule has 2 aromatic rings. The maximum Gasteiger partial charge on any atom is 0.332 e. The molecule has 0 aliphatic rings. The van der Waals surface area contributed by atoms with Crippen LogP contribution in [0.15, 0.2) is 24.3 Å². The number of nitriles is 1. The lowest BCUT2D eigenvalue weighted by Crippen LogP contribution is -1.92. The SMILES string of the molecule is N#Cc1n[nH]c(-c2ccc(CO)cc2)c1[N+](=O)[O-]. The van der Waals surface area contributed by atoms with Crippen LogP contribution in [0.4, 0.5) is 5.69 Å². The lowest BCUT2D eigenvalue weighted by Gasteiger charge is -1.99. The van der Waals surface area contributed by atoms with Gasteiger partial charge in [0.2, 0.25) is 5.69 Å². The first-order chi connectivity index (χ1) is 8.67. The largest absolute Gasteiger partial charge is 0.392 e. The number of rotatable bonds is 3. The third kappa shape index (κ3) is 1.92. The smallest absolute Gasteiger partial charge is 0.332 e. The van der Waals surface area contributed by atoms with Crippen LogP contribution in [0.25, 0.3) is 11.3 Å². The van der Waals surface area contributed by atoms with Crippen LogP contribution >= 0.6 is 0 Å². The summed E-state index contributed by atoms with van der Waals surface area (Å²) in [6, 6.07) is 8.19. The maximum absolute atomic E-state index is 10.9. The summed E-state index contributed by atoms with van der Waals surface area (Å²) >= 11 is 0. The van der Waals surface area contributed by atoms with E-state index in [2.05, 4.69) is 10.2 Å². The van der Waals surface area contributed by atoms with E-state index in [0.29, 0.717) is 11.1 Å². The summed E-state index contributed by atoms with van der Waals surface area (Å²) in [5, 5.41) is 34.6. The predicted molar refractivity (Wildman–Crippen MR) is 61.3 cm³/mol. The van der Waals surface area contributed by atoms with E-state index in [4.69, 9.17) is 10.4 Å². The molecule has 0 fully saturated rings. The van der Waals surface area contributed by atoms with Crippen LogP contribution in [0.1, 0.15) is 11.3 Å². The molecule has 1 aromatic carbocycles. The summed E-state index contributed by atoms with van der Waals surface area (Å²) in [4.78, 5) is 10.3. The molecule has 0 saturated carbocycles. The number of aliphatic hydroxyl groups excluding tert-OH is 1. The number of aromatic amines is 1. The fourth-order valence-corrected chi connectivity index (χ4v) is 1.57. The van der Waals surface area contributed by atoms with Gasteiger partial charge >= 0.3 is 5.69 Å². The molecule has 0 bridgehead atoms. The molecule has 0 amide bonds. The summed E-state index contributed by atoms with van der Waals surface area (Å²) in [6.45, 7) is -0.102. The van der Waals surface area contributed by atoms with Crippen molar-refractivity contribution in [3.05, 3.63) is 45.6 Å². The van der Waals surface area contributed by atoms with E-state index in [1.54, 1.807) is 30.3 Å². The lowest BCUT2D eigenvalue weighted by molar-refractivity contribution is -0.384. The topological polar surface area (TPSA) is 116 Å². The van der Waals surface area contributed by atoms with E-state index in [1.807, 2.05) is 0 Å². The van der Waals surface area contributed by atoms with Gasteiger partial charge in [0.1, 0.15) is 11.8 Å². The number of nitrogens with one attached hydrogen (secondary N) is 1. The zero-order valence-corrected chi connectivity index (χ0v) is 9.12. The number of aromatic nitrogens is 2. The minimum absolute atomic E-state index is 0.102. The van der Waals surface area contributed by atoms with Crippen molar-refractivity contribution in [1.29, 1.82) is 5.26 Å². The van der Waals surface area contributed by atoms with Crippen LogP contribution < -0.4 is 0 Å². The van der Waals surface area contributed by atoms with Gasteiger partial charge in [-0.15, -0.1) is 0 Å². The Morgan fingerprint density at radius 3 is 2.61 bits per heavy atom. The molecule has 1 aromatic heterocycles. The fraction of sp³-hybridized carbons (Fsp3) is 0.0909. The molecule has 2 rings (SSSR count). The highest BCUT2D eigenvalue weighted by Crippen LogP contribution is 2.30.